The number of aryl methyl sites for hydroxylation is 1. The number of nitrogens with zero attached hydrogens (tertiary/aromatic N) is 2. The molecule has 4 rings (SSSR count). The van der Waals surface area contributed by atoms with Crippen molar-refractivity contribution in [2.24, 2.45) is 0 Å². The fourth-order valence-electron chi connectivity index (χ4n) is 3.58. The lowest BCUT2D eigenvalue weighted by atomic mass is 10.1. The Morgan fingerprint density at radius 2 is 2.00 bits per heavy atom. The van der Waals surface area contributed by atoms with Crippen LogP contribution in [0.5, 0.6) is 0 Å². The number of carbonyl (C=O) groups is 2. The van der Waals surface area contributed by atoms with E-state index in [9.17, 15) is 9.59 Å². The van der Waals surface area contributed by atoms with Crippen molar-refractivity contribution < 1.29 is 14.0 Å². The van der Waals surface area contributed by atoms with Crippen molar-refractivity contribution in [3.8, 4) is 0 Å². The van der Waals surface area contributed by atoms with Gasteiger partial charge in [0.05, 0.1) is 34.7 Å². The molecule has 1 fully saturated rings. The van der Waals surface area contributed by atoms with Gasteiger partial charge >= 0.3 is 0 Å². The number of thiazole rings is 1. The van der Waals surface area contributed by atoms with Crippen LogP contribution in [0.2, 0.25) is 5.02 Å². The predicted octanol–water partition coefficient (Wildman–Crippen LogP) is 5.12. The Kier molecular flexibility index (Phi) is 6.58. The van der Waals surface area contributed by atoms with Crippen LogP contribution in [0.25, 0.3) is 0 Å². The Balaban J connectivity index is 1.33. The number of rotatable bonds is 6. The summed E-state index contributed by atoms with van der Waals surface area (Å²) in [5, 5.41) is 8.41. The van der Waals surface area contributed by atoms with Crippen LogP contribution in [0.15, 0.2) is 40.3 Å². The monoisotopic (exact) mass is 458 g/mol. The summed E-state index contributed by atoms with van der Waals surface area (Å²) in [5.74, 6) is 0.0503. The Morgan fingerprint density at radius 1 is 1.19 bits per heavy atom. The molecule has 2 aromatic heterocycles. The number of piperidine rings is 1. The molecular weight excluding hydrogens is 436 g/mol. The van der Waals surface area contributed by atoms with Crippen molar-refractivity contribution in [2.45, 2.75) is 32.6 Å². The summed E-state index contributed by atoms with van der Waals surface area (Å²) >= 11 is 7.73. The van der Waals surface area contributed by atoms with Gasteiger partial charge in [-0.1, -0.05) is 11.6 Å². The zero-order chi connectivity index (χ0) is 21.8. The average molecular weight is 459 g/mol. The maximum atomic E-state index is 12.4. The normalized spacial score (nSPS) is 13.8. The lowest BCUT2D eigenvalue weighted by Crippen LogP contribution is -2.29. The molecule has 0 bridgehead atoms. The van der Waals surface area contributed by atoms with Gasteiger partial charge in [0, 0.05) is 24.2 Å². The number of anilines is 3. The topological polar surface area (TPSA) is 87.5 Å². The number of hydrogen-bond acceptors (Lipinski definition) is 6. The van der Waals surface area contributed by atoms with E-state index in [1.165, 1.54) is 36.9 Å². The van der Waals surface area contributed by atoms with Crippen LogP contribution in [0.1, 0.15) is 41.1 Å². The highest BCUT2D eigenvalue weighted by atomic mass is 35.5. The first-order valence-corrected chi connectivity index (χ1v) is 11.4. The van der Waals surface area contributed by atoms with Gasteiger partial charge in [0.2, 0.25) is 5.91 Å². The van der Waals surface area contributed by atoms with Gasteiger partial charge in [-0.3, -0.25) is 14.9 Å². The van der Waals surface area contributed by atoms with Gasteiger partial charge in [-0.2, -0.15) is 0 Å². The average Bonchev–Trinajstić information content (AvgIpc) is 3.37. The molecule has 162 valence electrons. The smallest absolute Gasteiger partial charge is 0.260 e. The molecule has 31 heavy (non-hydrogen) atoms. The van der Waals surface area contributed by atoms with Gasteiger partial charge in [0.15, 0.2) is 5.13 Å². The highest BCUT2D eigenvalue weighted by molar-refractivity contribution is 7.14. The van der Waals surface area contributed by atoms with Crippen LogP contribution in [0.3, 0.4) is 0 Å². The summed E-state index contributed by atoms with van der Waals surface area (Å²) in [7, 11) is 0. The summed E-state index contributed by atoms with van der Waals surface area (Å²) in [5.41, 5.74) is 2.69. The summed E-state index contributed by atoms with van der Waals surface area (Å²) in [6.45, 7) is 3.74. The lowest BCUT2D eigenvalue weighted by molar-refractivity contribution is -0.115. The fourth-order valence-corrected chi connectivity index (χ4v) is 4.58. The highest BCUT2D eigenvalue weighted by Gasteiger charge is 2.16. The van der Waals surface area contributed by atoms with Crippen molar-refractivity contribution in [2.75, 3.05) is 28.6 Å². The van der Waals surface area contributed by atoms with E-state index in [1.807, 2.05) is 12.1 Å². The molecule has 0 aliphatic carbocycles. The molecule has 1 aromatic carbocycles. The first-order chi connectivity index (χ1) is 15.0. The molecule has 1 saturated heterocycles. The van der Waals surface area contributed by atoms with Gasteiger partial charge in [-0.25, -0.2) is 4.98 Å². The highest BCUT2D eigenvalue weighted by Crippen LogP contribution is 2.31. The summed E-state index contributed by atoms with van der Waals surface area (Å²) in [6, 6.07) is 7.21. The Bertz CT molecular complexity index is 1090. The van der Waals surface area contributed by atoms with Gasteiger partial charge in [0.1, 0.15) is 5.76 Å². The van der Waals surface area contributed by atoms with Gasteiger partial charge in [-0.15, -0.1) is 11.3 Å². The van der Waals surface area contributed by atoms with Crippen LogP contribution >= 0.6 is 22.9 Å². The van der Waals surface area contributed by atoms with Crippen LogP contribution < -0.4 is 15.5 Å². The SMILES string of the molecule is Cc1occc1C(=O)Nc1nc(CC(=O)Nc2ccc(N3CCCCC3)c(Cl)c2)cs1. The Morgan fingerprint density at radius 3 is 2.71 bits per heavy atom. The Labute approximate surface area is 189 Å². The van der Waals surface area contributed by atoms with Crippen LogP contribution in [0.4, 0.5) is 16.5 Å². The first-order valence-electron chi connectivity index (χ1n) is 10.1. The molecule has 1 aliphatic heterocycles. The number of amides is 2. The standard InChI is InChI=1S/C22H23ClN4O3S/c1-14-17(7-10-30-14)21(29)26-22-25-16(13-31-22)12-20(28)24-15-5-6-19(18(23)11-15)27-8-3-2-4-9-27/h5-7,10-11,13H,2-4,8-9,12H2,1H3,(H,24,28)(H,25,26,29). The second-order valence-corrected chi connectivity index (χ2v) is 8.69. The molecule has 0 spiro atoms. The minimum Gasteiger partial charge on any atom is -0.469 e. The van der Waals surface area contributed by atoms with E-state index in [0.717, 1.165) is 18.8 Å². The van der Waals surface area contributed by atoms with E-state index >= 15 is 0 Å². The summed E-state index contributed by atoms with van der Waals surface area (Å²) < 4.78 is 5.15. The van der Waals surface area contributed by atoms with Gasteiger partial charge < -0.3 is 14.6 Å². The van der Waals surface area contributed by atoms with E-state index in [0.29, 0.717) is 32.9 Å². The molecule has 0 radical (unpaired) electrons. The van der Waals surface area contributed by atoms with Crippen molar-refractivity contribution in [1.82, 2.24) is 4.98 Å². The second kappa shape index (κ2) is 9.53. The largest absolute Gasteiger partial charge is 0.469 e. The minimum atomic E-state index is -0.292. The molecule has 2 amide bonds. The number of benzene rings is 1. The number of nitrogens with one attached hydrogen (secondary N) is 2. The number of halogens is 1. The molecule has 0 saturated carbocycles. The van der Waals surface area contributed by atoms with Crippen LogP contribution in [-0.4, -0.2) is 29.9 Å². The minimum absolute atomic E-state index is 0.0998. The Hall–Kier alpha value is -2.84. The third kappa shape index (κ3) is 5.26. The zero-order valence-corrected chi connectivity index (χ0v) is 18.7. The van der Waals surface area contributed by atoms with Gasteiger partial charge in [-0.05, 0) is 50.5 Å². The molecule has 9 heteroatoms. The molecule has 3 aromatic rings. The van der Waals surface area contributed by atoms with E-state index in [-0.39, 0.29) is 18.2 Å². The summed E-state index contributed by atoms with van der Waals surface area (Å²) in [6.07, 6.45) is 5.17. The van der Waals surface area contributed by atoms with E-state index in [4.69, 9.17) is 16.0 Å². The van der Waals surface area contributed by atoms with Gasteiger partial charge in [0.25, 0.3) is 5.91 Å². The van der Waals surface area contributed by atoms with Crippen molar-refractivity contribution in [1.29, 1.82) is 0 Å². The number of hydrogen-bond donors (Lipinski definition) is 2. The first kappa shape index (κ1) is 21.4. The molecule has 0 unspecified atom stereocenters. The molecule has 0 atom stereocenters. The van der Waals surface area contributed by atoms with E-state index < -0.39 is 0 Å². The molecule has 1 aliphatic rings. The molecular formula is C22H23ClN4O3S. The summed E-state index contributed by atoms with van der Waals surface area (Å²) in [4.78, 5) is 31.3. The third-order valence-corrected chi connectivity index (χ3v) is 6.25. The fraction of sp³-hybridized carbons (Fsp3) is 0.318. The van der Waals surface area contributed by atoms with Crippen molar-refractivity contribution in [3.63, 3.8) is 0 Å². The maximum Gasteiger partial charge on any atom is 0.260 e. The van der Waals surface area contributed by atoms with E-state index in [1.54, 1.807) is 24.4 Å². The quantitative estimate of drug-likeness (QED) is 0.535. The van der Waals surface area contributed by atoms with Crippen LogP contribution in [-0.2, 0) is 11.2 Å². The number of furan rings is 1. The van der Waals surface area contributed by atoms with Crippen molar-refractivity contribution in [3.05, 3.63) is 57.9 Å². The predicted molar refractivity (Wildman–Crippen MR) is 123 cm³/mol. The van der Waals surface area contributed by atoms with Crippen LogP contribution in [0, 0.1) is 6.92 Å². The third-order valence-electron chi connectivity index (χ3n) is 5.15. The second-order valence-electron chi connectivity index (χ2n) is 7.43. The lowest BCUT2D eigenvalue weighted by Gasteiger charge is -2.29. The van der Waals surface area contributed by atoms with E-state index in [2.05, 4.69) is 20.5 Å². The molecule has 3 heterocycles. The number of aromatic nitrogens is 1. The van der Waals surface area contributed by atoms with Crippen molar-refractivity contribution >= 4 is 51.3 Å². The maximum absolute atomic E-state index is 12.4. The zero-order valence-electron chi connectivity index (χ0n) is 17.1. The molecule has 2 N–H and O–H groups in total. The molecule has 7 nitrogen and oxygen atoms in total. The number of carbonyl (C=O) groups excluding carboxylic acids is 2.